The minimum absolute atomic E-state index is 0.151. The molecule has 0 unspecified atom stereocenters. The van der Waals surface area contributed by atoms with Crippen LogP contribution in [0.5, 0.6) is 0 Å². The second kappa shape index (κ2) is 7.95. The summed E-state index contributed by atoms with van der Waals surface area (Å²) in [5.74, 6) is -1.20. The lowest BCUT2D eigenvalue weighted by Crippen LogP contribution is -2.41. The Labute approximate surface area is 169 Å². The van der Waals surface area contributed by atoms with Crippen LogP contribution in [0.4, 0.5) is 4.39 Å². The number of nitrogens with zero attached hydrogens (tertiary/aromatic N) is 2. The summed E-state index contributed by atoms with van der Waals surface area (Å²) in [6.07, 6.45) is 0. The summed E-state index contributed by atoms with van der Waals surface area (Å²) < 4.78 is 21.8. The van der Waals surface area contributed by atoms with Crippen molar-refractivity contribution in [3.8, 4) is 0 Å². The topological polar surface area (TPSA) is 70.3 Å². The quantitative estimate of drug-likeness (QED) is 0.531. The maximum atomic E-state index is 14.2. The van der Waals surface area contributed by atoms with Crippen molar-refractivity contribution in [2.24, 2.45) is 0 Å². The van der Waals surface area contributed by atoms with Gasteiger partial charge in [0.25, 0.3) is 5.56 Å². The van der Waals surface area contributed by atoms with E-state index >= 15 is 0 Å². The van der Waals surface area contributed by atoms with Gasteiger partial charge in [0.2, 0.25) is 0 Å². The summed E-state index contributed by atoms with van der Waals surface area (Å²) in [7, 11) is 0. The Morgan fingerprint density at radius 1 is 1.33 bits per heavy atom. The van der Waals surface area contributed by atoms with Gasteiger partial charge in [-0.3, -0.25) is 18.7 Å². The van der Waals surface area contributed by atoms with Crippen LogP contribution in [-0.2, 0) is 22.6 Å². The average molecular weight is 476 g/mol. The van der Waals surface area contributed by atoms with Crippen LogP contribution in [0.1, 0.15) is 12.5 Å². The van der Waals surface area contributed by atoms with E-state index in [1.54, 1.807) is 13.0 Å². The molecule has 10 heteroatoms. The Balaban J connectivity index is 2.20. The fourth-order valence-electron chi connectivity index (χ4n) is 2.65. The van der Waals surface area contributed by atoms with Crippen LogP contribution < -0.4 is 11.2 Å². The number of aromatic nitrogens is 2. The van der Waals surface area contributed by atoms with Gasteiger partial charge in [0.15, 0.2) is 0 Å². The monoisotopic (exact) mass is 474 g/mol. The number of ether oxygens (including phenoxy) is 1. The van der Waals surface area contributed by atoms with Crippen molar-refractivity contribution in [3.05, 3.63) is 64.6 Å². The largest absolute Gasteiger partial charge is 0.465 e. The highest BCUT2D eigenvalue weighted by molar-refractivity contribution is 9.10. The number of esters is 1. The smallest absolute Gasteiger partial charge is 0.332 e. The predicted octanol–water partition coefficient (Wildman–Crippen LogP) is 3.39. The molecular formula is C17H13BrClFN2O4S. The second-order valence-electron chi connectivity index (χ2n) is 5.57. The van der Waals surface area contributed by atoms with Crippen LogP contribution in [0.15, 0.2) is 37.6 Å². The molecule has 0 N–H and O–H groups in total. The van der Waals surface area contributed by atoms with Crippen LogP contribution in [0.3, 0.4) is 0 Å². The Bertz CT molecular complexity index is 1150. The van der Waals surface area contributed by atoms with E-state index in [0.29, 0.717) is 4.47 Å². The summed E-state index contributed by atoms with van der Waals surface area (Å²) in [6.45, 7) is 1.12. The van der Waals surface area contributed by atoms with E-state index in [-0.39, 0.29) is 34.0 Å². The summed E-state index contributed by atoms with van der Waals surface area (Å²) in [5.41, 5.74) is -1.01. The van der Waals surface area contributed by atoms with Crippen LogP contribution >= 0.6 is 38.9 Å². The van der Waals surface area contributed by atoms with Crippen LogP contribution in [0.2, 0.25) is 4.34 Å². The number of halogens is 3. The summed E-state index contributed by atoms with van der Waals surface area (Å²) in [4.78, 5) is 37.6. The molecule has 0 bridgehead atoms. The molecule has 2 aromatic heterocycles. The van der Waals surface area contributed by atoms with Crippen molar-refractivity contribution in [1.29, 1.82) is 0 Å². The van der Waals surface area contributed by atoms with Gasteiger partial charge in [0.05, 0.1) is 24.1 Å². The number of carbonyl (C=O) groups is 1. The van der Waals surface area contributed by atoms with Crippen molar-refractivity contribution in [2.75, 3.05) is 6.61 Å². The van der Waals surface area contributed by atoms with Crippen molar-refractivity contribution in [3.63, 3.8) is 0 Å². The SMILES string of the molecule is CCOC(=O)Cn1c(=O)n(Cc2ccc(Br)cc2F)c(=O)c2csc(Cl)c21. The zero-order valence-corrected chi connectivity index (χ0v) is 17.2. The summed E-state index contributed by atoms with van der Waals surface area (Å²) in [6, 6.07) is 4.34. The first kappa shape index (κ1) is 19.8. The Kier molecular flexibility index (Phi) is 5.83. The van der Waals surface area contributed by atoms with Gasteiger partial charge in [-0.05, 0) is 19.1 Å². The van der Waals surface area contributed by atoms with Crippen molar-refractivity contribution >= 4 is 55.7 Å². The molecule has 0 saturated heterocycles. The van der Waals surface area contributed by atoms with Gasteiger partial charge in [0, 0.05) is 15.4 Å². The number of thiophene rings is 1. The van der Waals surface area contributed by atoms with Gasteiger partial charge in [-0.25, -0.2) is 9.18 Å². The number of hydrogen-bond acceptors (Lipinski definition) is 5. The Hall–Kier alpha value is -1.97. The first-order valence-electron chi connectivity index (χ1n) is 7.83. The highest BCUT2D eigenvalue weighted by Crippen LogP contribution is 2.27. The second-order valence-corrected chi connectivity index (χ2v) is 7.97. The molecule has 142 valence electrons. The van der Waals surface area contributed by atoms with E-state index in [4.69, 9.17) is 16.3 Å². The molecule has 6 nitrogen and oxygen atoms in total. The third kappa shape index (κ3) is 3.85. The maximum absolute atomic E-state index is 14.2. The molecule has 0 amide bonds. The molecule has 0 atom stereocenters. The van der Waals surface area contributed by atoms with E-state index in [0.717, 1.165) is 20.5 Å². The van der Waals surface area contributed by atoms with Gasteiger partial charge >= 0.3 is 11.7 Å². The molecule has 27 heavy (non-hydrogen) atoms. The van der Waals surface area contributed by atoms with Gasteiger partial charge < -0.3 is 4.74 Å². The van der Waals surface area contributed by atoms with Gasteiger partial charge in [-0.1, -0.05) is 33.6 Å². The molecule has 2 heterocycles. The minimum Gasteiger partial charge on any atom is -0.465 e. The molecule has 1 aromatic carbocycles. The van der Waals surface area contributed by atoms with E-state index in [1.165, 1.54) is 17.5 Å². The molecule has 0 aliphatic carbocycles. The van der Waals surface area contributed by atoms with E-state index in [1.807, 2.05) is 0 Å². The predicted molar refractivity (Wildman–Crippen MR) is 105 cm³/mol. The third-order valence-electron chi connectivity index (χ3n) is 3.86. The molecule has 0 radical (unpaired) electrons. The number of hydrogen-bond donors (Lipinski definition) is 0. The zero-order valence-electron chi connectivity index (χ0n) is 14.0. The van der Waals surface area contributed by atoms with Crippen molar-refractivity contribution in [1.82, 2.24) is 9.13 Å². The first-order chi connectivity index (χ1) is 12.8. The first-order valence-corrected chi connectivity index (χ1v) is 9.88. The lowest BCUT2D eigenvalue weighted by Gasteiger charge is -2.13. The van der Waals surface area contributed by atoms with Crippen LogP contribution in [-0.4, -0.2) is 21.7 Å². The van der Waals surface area contributed by atoms with E-state index in [9.17, 15) is 18.8 Å². The Morgan fingerprint density at radius 2 is 2.07 bits per heavy atom. The number of fused-ring (bicyclic) bond motifs is 1. The van der Waals surface area contributed by atoms with Gasteiger partial charge in [-0.15, -0.1) is 11.3 Å². The average Bonchev–Trinajstić information content (AvgIpc) is 2.99. The Morgan fingerprint density at radius 3 is 2.74 bits per heavy atom. The van der Waals surface area contributed by atoms with E-state index in [2.05, 4.69) is 15.9 Å². The number of rotatable bonds is 5. The van der Waals surface area contributed by atoms with E-state index < -0.39 is 29.6 Å². The van der Waals surface area contributed by atoms with Crippen LogP contribution in [0.25, 0.3) is 10.9 Å². The standard InChI is InChI=1S/C17H13BrClFN2O4S/c1-2-26-13(23)7-21-14-11(8-27-15(14)19)16(24)22(17(21)25)6-9-3-4-10(18)5-12(9)20/h3-5,8H,2,6-7H2,1H3. The van der Waals surface area contributed by atoms with Crippen molar-refractivity contribution in [2.45, 2.75) is 20.0 Å². The third-order valence-corrected chi connectivity index (χ3v) is 5.56. The molecular weight excluding hydrogens is 463 g/mol. The number of carbonyl (C=O) groups excluding carboxylic acids is 1. The zero-order chi connectivity index (χ0) is 19.7. The molecule has 0 aliphatic heterocycles. The lowest BCUT2D eigenvalue weighted by molar-refractivity contribution is -0.143. The minimum atomic E-state index is -0.761. The summed E-state index contributed by atoms with van der Waals surface area (Å²) in [5, 5.41) is 1.70. The molecule has 0 spiro atoms. The highest BCUT2D eigenvalue weighted by Gasteiger charge is 2.20. The lowest BCUT2D eigenvalue weighted by atomic mass is 10.2. The molecule has 0 fully saturated rings. The molecule has 3 aromatic rings. The molecule has 0 saturated carbocycles. The molecule has 0 aliphatic rings. The van der Waals surface area contributed by atoms with Crippen molar-refractivity contribution < 1.29 is 13.9 Å². The van der Waals surface area contributed by atoms with Crippen LogP contribution in [0, 0.1) is 5.82 Å². The van der Waals surface area contributed by atoms with Gasteiger partial charge in [-0.2, -0.15) is 0 Å². The highest BCUT2D eigenvalue weighted by atomic mass is 79.9. The van der Waals surface area contributed by atoms with Gasteiger partial charge in [0.1, 0.15) is 16.7 Å². The fourth-order valence-corrected chi connectivity index (χ4v) is 4.08. The normalized spacial score (nSPS) is 11.1. The maximum Gasteiger partial charge on any atom is 0.332 e. The molecule has 3 rings (SSSR count). The number of benzene rings is 1. The summed E-state index contributed by atoms with van der Waals surface area (Å²) >= 11 is 10.4. The fraction of sp³-hybridized carbons (Fsp3) is 0.235.